The molecule has 2 N–H and O–H groups in total. The van der Waals surface area contributed by atoms with Crippen molar-refractivity contribution in [2.75, 3.05) is 19.8 Å². The number of nitrogens with zero attached hydrogens (tertiary/aromatic N) is 1. The number of ether oxygens (including phenoxy) is 1. The smallest absolute Gasteiger partial charge is 0.216 e. The maximum Gasteiger partial charge on any atom is 0.216 e. The number of aliphatic hydroxyl groups excluding tert-OH is 1. The molecule has 0 aromatic heterocycles. The highest BCUT2D eigenvalue weighted by Crippen LogP contribution is 2.24. The van der Waals surface area contributed by atoms with Gasteiger partial charge in [0.1, 0.15) is 6.67 Å². The molecule has 5 heteroatoms. The van der Waals surface area contributed by atoms with Crippen LogP contribution in [0.25, 0.3) is 0 Å². The molecule has 16 heavy (non-hydrogen) atoms. The van der Waals surface area contributed by atoms with Crippen molar-refractivity contribution in [3.63, 3.8) is 0 Å². The van der Waals surface area contributed by atoms with Gasteiger partial charge >= 0.3 is 0 Å². The second-order valence-electron chi connectivity index (χ2n) is 5.45. The highest BCUT2D eigenvalue weighted by Gasteiger charge is 2.35. The van der Waals surface area contributed by atoms with Crippen molar-refractivity contribution < 1.29 is 19.3 Å². The van der Waals surface area contributed by atoms with Crippen LogP contribution < -0.4 is 0 Å². The van der Waals surface area contributed by atoms with E-state index in [0.717, 1.165) is 0 Å². The SMILES string of the molecule is CC(C)(C)OC(O)N1CCC(O)(CF)CC1. The quantitative estimate of drug-likeness (QED) is 0.713. The highest BCUT2D eigenvalue weighted by atomic mass is 19.1. The molecule has 1 fully saturated rings. The zero-order valence-corrected chi connectivity index (χ0v) is 10.2. The Kier molecular flexibility index (Phi) is 4.29. The number of alkyl halides is 1. The van der Waals surface area contributed by atoms with Gasteiger partial charge in [-0.1, -0.05) is 0 Å². The lowest BCUT2D eigenvalue weighted by atomic mass is 9.93. The van der Waals surface area contributed by atoms with E-state index in [1.165, 1.54) is 0 Å². The van der Waals surface area contributed by atoms with Crippen LogP contribution in [-0.2, 0) is 4.74 Å². The summed E-state index contributed by atoms with van der Waals surface area (Å²) in [5.41, 5.74) is -1.63. The summed E-state index contributed by atoms with van der Waals surface area (Å²) in [6.45, 7) is 5.74. The minimum atomic E-state index is -1.21. The molecule has 1 aliphatic heterocycles. The van der Waals surface area contributed by atoms with Crippen LogP contribution in [0.3, 0.4) is 0 Å². The van der Waals surface area contributed by atoms with E-state index in [2.05, 4.69) is 0 Å². The normalized spacial score (nSPS) is 24.4. The van der Waals surface area contributed by atoms with Crippen molar-refractivity contribution in [1.29, 1.82) is 0 Å². The topological polar surface area (TPSA) is 52.9 Å². The number of aliphatic hydroxyl groups is 2. The molecule has 0 radical (unpaired) electrons. The fourth-order valence-corrected chi connectivity index (χ4v) is 1.69. The summed E-state index contributed by atoms with van der Waals surface area (Å²) in [4.78, 5) is 1.70. The first kappa shape index (κ1) is 13.8. The van der Waals surface area contributed by atoms with E-state index >= 15 is 0 Å². The average molecular weight is 235 g/mol. The van der Waals surface area contributed by atoms with Crippen molar-refractivity contribution in [2.24, 2.45) is 0 Å². The standard InChI is InChI=1S/C11H22FNO3/c1-10(2,3)16-9(14)13-6-4-11(15,8-12)5-7-13/h9,14-15H,4-8H2,1-3H3. The van der Waals surface area contributed by atoms with Crippen molar-refractivity contribution in [3.05, 3.63) is 0 Å². The van der Waals surface area contributed by atoms with Crippen LogP contribution in [0.5, 0.6) is 0 Å². The van der Waals surface area contributed by atoms with Gasteiger partial charge in [0.15, 0.2) is 0 Å². The summed E-state index contributed by atoms with van der Waals surface area (Å²) < 4.78 is 17.9. The van der Waals surface area contributed by atoms with Gasteiger partial charge in [0.05, 0.1) is 11.2 Å². The number of hydrogen-bond acceptors (Lipinski definition) is 4. The van der Waals surface area contributed by atoms with Gasteiger partial charge in [-0.25, -0.2) is 4.39 Å². The third-order valence-corrected chi connectivity index (χ3v) is 2.75. The van der Waals surface area contributed by atoms with Gasteiger partial charge in [-0.05, 0) is 33.6 Å². The van der Waals surface area contributed by atoms with Crippen LogP contribution in [0, 0.1) is 0 Å². The summed E-state index contributed by atoms with van der Waals surface area (Å²) in [6.07, 6.45) is -0.327. The monoisotopic (exact) mass is 235 g/mol. The lowest BCUT2D eigenvalue weighted by Gasteiger charge is -2.39. The Balaban J connectivity index is 2.42. The molecule has 4 nitrogen and oxygen atoms in total. The van der Waals surface area contributed by atoms with Gasteiger partial charge in [0.25, 0.3) is 0 Å². The third kappa shape index (κ3) is 3.97. The summed E-state index contributed by atoms with van der Waals surface area (Å²) in [7, 11) is 0. The van der Waals surface area contributed by atoms with Gasteiger partial charge in [0.2, 0.25) is 6.41 Å². The van der Waals surface area contributed by atoms with E-state index in [4.69, 9.17) is 4.74 Å². The van der Waals surface area contributed by atoms with Gasteiger partial charge < -0.3 is 14.9 Å². The van der Waals surface area contributed by atoms with E-state index in [1.54, 1.807) is 4.90 Å². The molecule has 1 aliphatic rings. The largest absolute Gasteiger partial charge is 0.387 e. The third-order valence-electron chi connectivity index (χ3n) is 2.75. The summed E-state index contributed by atoms with van der Waals surface area (Å²) in [5.74, 6) is 0. The second kappa shape index (κ2) is 4.96. The Morgan fingerprint density at radius 1 is 1.38 bits per heavy atom. The molecule has 0 saturated carbocycles. The van der Waals surface area contributed by atoms with Crippen molar-refractivity contribution in [2.45, 2.75) is 51.2 Å². The van der Waals surface area contributed by atoms with E-state index < -0.39 is 24.3 Å². The van der Waals surface area contributed by atoms with E-state index in [9.17, 15) is 14.6 Å². The van der Waals surface area contributed by atoms with Gasteiger partial charge in [0, 0.05) is 13.1 Å². The molecule has 1 atom stereocenters. The first-order valence-corrected chi connectivity index (χ1v) is 5.64. The predicted octanol–water partition coefficient (Wildman–Crippen LogP) is 0.874. The number of rotatable bonds is 3. The highest BCUT2D eigenvalue weighted by molar-refractivity contribution is 4.85. The number of hydrogen-bond donors (Lipinski definition) is 2. The van der Waals surface area contributed by atoms with Crippen LogP contribution in [0.4, 0.5) is 4.39 Å². The Morgan fingerprint density at radius 2 is 1.88 bits per heavy atom. The van der Waals surface area contributed by atoms with Crippen LogP contribution >= 0.6 is 0 Å². The van der Waals surface area contributed by atoms with Crippen LogP contribution in [0.15, 0.2) is 0 Å². The molecule has 1 saturated heterocycles. The molecule has 0 bridgehead atoms. The molecule has 1 unspecified atom stereocenters. The number of halogens is 1. The maximum atomic E-state index is 12.5. The molecule has 0 amide bonds. The van der Waals surface area contributed by atoms with Crippen LogP contribution in [0.1, 0.15) is 33.6 Å². The Bertz CT molecular complexity index is 222. The zero-order chi connectivity index (χ0) is 12.4. The van der Waals surface area contributed by atoms with Crippen molar-refractivity contribution in [1.82, 2.24) is 4.90 Å². The molecule has 96 valence electrons. The number of likely N-dealkylation sites (tertiary alicyclic amines) is 1. The van der Waals surface area contributed by atoms with Gasteiger partial charge in [-0.2, -0.15) is 0 Å². The van der Waals surface area contributed by atoms with Gasteiger partial charge in [-0.15, -0.1) is 0 Å². The minimum absolute atomic E-state index is 0.327. The molecular formula is C11H22FNO3. The summed E-state index contributed by atoms with van der Waals surface area (Å²) in [5, 5.41) is 19.5. The van der Waals surface area contributed by atoms with Crippen molar-refractivity contribution in [3.8, 4) is 0 Å². The maximum absolute atomic E-state index is 12.5. The lowest BCUT2D eigenvalue weighted by molar-refractivity contribution is -0.248. The number of piperidine rings is 1. The molecule has 1 heterocycles. The summed E-state index contributed by atoms with van der Waals surface area (Å²) >= 11 is 0. The molecular weight excluding hydrogens is 213 g/mol. The molecule has 0 aliphatic carbocycles. The van der Waals surface area contributed by atoms with Gasteiger partial charge in [-0.3, -0.25) is 4.90 Å². The van der Waals surface area contributed by atoms with Crippen molar-refractivity contribution >= 4 is 0 Å². The first-order chi connectivity index (χ1) is 7.26. The Morgan fingerprint density at radius 3 is 2.25 bits per heavy atom. The fourth-order valence-electron chi connectivity index (χ4n) is 1.69. The Hall–Kier alpha value is -0.230. The molecule has 1 rings (SSSR count). The molecule has 0 aromatic carbocycles. The second-order valence-corrected chi connectivity index (χ2v) is 5.45. The fraction of sp³-hybridized carbons (Fsp3) is 1.00. The zero-order valence-electron chi connectivity index (χ0n) is 10.2. The van der Waals surface area contributed by atoms with E-state index in [-0.39, 0.29) is 0 Å². The minimum Gasteiger partial charge on any atom is -0.387 e. The molecule has 0 spiro atoms. The predicted molar refractivity (Wildman–Crippen MR) is 58.6 cm³/mol. The lowest BCUT2D eigenvalue weighted by Crippen LogP contribution is -2.51. The first-order valence-electron chi connectivity index (χ1n) is 5.64. The van der Waals surface area contributed by atoms with Crippen LogP contribution in [-0.4, -0.2) is 52.5 Å². The Labute approximate surface area is 96.0 Å². The van der Waals surface area contributed by atoms with E-state index in [1.807, 2.05) is 20.8 Å². The average Bonchev–Trinajstić information content (AvgIpc) is 2.16. The molecule has 0 aromatic rings. The van der Waals surface area contributed by atoms with E-state index in [0.29, 0.717) is 25.9 Å². The van der Waals surface area contributed by atoms with Crippen LogP contribution in [0.2, 0.25) is 0 Å². The summed E-state index contributed by atoms with van der Waals surface area (Å²) in [6, 6.07) is 0.